The molecule has 0 N–H and O–H groups in total. The maximum absolute atomic E-state index is 14.6. The van der Waals surface area contributed by atoms with Crippen LogP contribution in [0.1, 0.15) is 55.7 Å². The predicted octanol–water partition coefficient (Wildman–Crippen LogP) is 5.07. The van der Waals surface area contributed by atoms with Crippen molar-refractivity contribution < 1.29 is 35.2 Å². The third-order valence-electron chi connectivity index (χ3n) is 8.74. The van der Waals surface area contributed by atoms with E-state index < -0.39 is 62.5 Å². The molecule has 2 aromatic heterocycles. The Kier molecular flexibility index (Phi) is 8.40. The van der Waals surface area contributed by atoms with Gasteiger partial charge in [-0.1, -0.05) is 19.3 Å². The highest BCUT2D eigenvalue weighted by Gasteiger charge is 2.48. The molecule has 9 nitrogen and oxygen atoms in total. The number of halogens is 5. The van der Waals surface area contributed by atoms with Crippen LogP contribution in [0.5, 0.6) is 0 Å². The van der Waals surface area contributed by atoms with Crippen LogP contribution in [0, 0.1) is 29.1 Å². The fraction of sp³-hybridized carbons (Fsp3) is 0.355. The summed E-state index contributed by atoms with van der Waals surface area (Å²) in [5, 5.41) is 4.72. The second-order valence-corrected chi connectivity index (χ2v) is 13.3. The Hall–Kier alpha value is -4.24. The van der Waals surface area contributed by atoms with Gasteiger partial charge in [-0.25, -0.2) is 35.1 Å². The first-order chi connectivity index (χ1) is 21.9. The number of hydrogen-bond acceptors (Lipinski definition) is 6. The number of aromatic nitrogens is 3. The molecule has 1 amide bonds. The summed E-state index contributed by atoms with van der Waals surface area (Å²) >= 11 is 0. The zero-order valence-corrected chi connectivity index (χ0v) is 25.3. The summed E-state index contributed by atoms with van der Waals surface area (Å²) in [5.41, 5.74) is 1.38. The van der Waals surface area contributed by atoms with E-state index in [-0.39, 0.29) is 24.2 Å². The van der Waals surface area contributed by atoms with Crippen molar-refractivity contribution in [3.63, 3.8) is 0 Å². The monoisotopic (exact) mass is 661 g/mol. The smallest absolute Gasteiger partial charge is 0.274 e. The summed E-state index contributed by atoms with van der Waals surface area (Å²) in [6.45, 7) is -0.546. The molecule has 2 aliphatic rings. The minimum atomic E-state index is -5.35. The maximum Gasteiger partial charge on any atom is 0.274 e. The van der Waals surface area contributed by atoms with Gasteiger partial charge in [0.05, 0.1) is 23.8 Å². The summed E-state index contributed by atoms with van der Waals surface area (Å²) in [5.74, 6) is -12.9. The molecule has 4 aromatic rings. The number of sulfonamides is 1. The fourth-order valence-electron chi connectivity index (χ4n) is 6.13. The van der Waals surface area contributed by atoms with Gasteiger partial charge >= 0.3 is 0 Å². The van der Waals surface area contributed by atoms with Crippen molar-refractivity contribution in [2.75, 3.05) is 11.4 Å². The molecule has 242 valence electrons. The number of amides is 1. The Bertz CT molecular complexity index is 2010. The first-order valence-electron chi connectivity index (χ1n) is 14.7. The third kappa shape index (κ3) is 5.44. The molecule has 0 bridgehead atoms. The molecule has 46 heavy (non-hydrogen) atoms. The van der Waals surface area contributed by atoms with Crippen LogP contribution in [0.15, 0.2) is 52.4 Å². The van der Waals surface area contributed by atoms with E-state index >= 15 is 0 Å². The standard InChI is InChI=1S/C31H28F5N5O4S/c1-39-30(42)22-8-7-21(14-19(22)15-38-39)40(16-20-13-18(9-11-37-20)17-5-3-2-4-6-17)31(43)23-10-12-41(23)46(44,45)29-27(35)25(33)24(32)26(34)28(29)36/h7-9,11,13-15,17,23H,2-6,10,12,16H2,1H3. The molecule has 2 aromatic carbocycles. The summed E-state index contributed by atoms with van der Waals surface area (Å²) in [6.07, 6.45) is 8.31. The number of hydrogen-bond donors (Lipinski definition) is 0. The van der Waals surface area contributed by atoms with Gasteiger partial charge in [0.25, 0.3) is 5.56 Å². The number of rotatable bonds is 7. The van der Waals surface area contributed by atoms with Gasteiger partial charge in [-0.15, -0.1) is 0 Å². The van der Waals surface area contributed by atoms with E-state index in [9.17, 15) is 40.0 Å². The van der Waals surface area contributed by atoms with E-state index in [1.54, 1.807) is 6.20 Å². The number of aryl methyl sites for hydroxylation is 1. The van der Waals surface area contributed by atoms with Gasteiger partial charge in [0.2, 0.25) is 21.7 Å². The van der Waals surface area contributed by atoms with Crippen LogP contribution in [0.4, 0.5) is 27.6 Å². The Morgan fingerprint density at radius 1 is 0.935 bits per heavy atom. The predicted molar refractivity (Wildman–Crippen MR) is 157 cm³/mol. The number of benzene rings is 2. The molecule has 1 aliphatic carbocycles. The molecule has 1 saturated heterocycles. The van der Waals surface area contributed by atoms with Crippen LogP contribution in [0.2, 0.25) is 0 Å². The van der Waals surface area contributed by atoms with Crippen molar-refractivity contribution in [1.82, 2.24) is 19.1 Å². The van der Waals surface area contributed by atoms with Crippen molar-refractivity contribution >= 4 is 32.4 Å². The Labute approximate surface area is 260 Å². The molecule has 3 heterocycles. The number of carbonyl (C=O) groups excluding carboxylic acids is 1. The first kappa shape index (κ1) is 31.7. The Balaban J connectivity index is 1.39. The third-order valence-corrected chi connectivity index (χ3v) is 10.7. The van der Waals surface area contributed by atoms with Crippen LogP contribution in [-0.4, -0.2) is 46.0 Å². The van der Waals surface area contributed by atoms with E-state index in [2.05, 4.69) is 10.1 Å². The molecule has 1 atom stereocenters. The molecule has 1 aliphatic heterocycles. The number of pyridine rings is 1. The fourth-order valence-corrected chi connectivity index (χ4v) is 7.88. The molecule has 1 saturated carbocycles. The topological polar surface area (TPSA) is 105 Å². The van der Waals surface area contributed by atoms with Gasteiger partial charge < -0.3 is 4.90 Å². The maximum atomic E-state index is 14.6. The lowest BCUT2D eigenvalue weighted by Gasteiger charge is -2.41. The molecular formula is C31H28F5N5O4S. The zero-order valence-electron chi connectivity index (χ0n) is 24.5. The largest absolute Gasteiger partial charge is 0.305 e. The average Bonchev–Trinajstić information content (AvgIpc) is 3.03. The van der Waals surface area contributed by atoms with Gasteiger partial charge in [0, 0.05) is 30.9 Å². The lowest BCUT2D eigenvalue weighted by molar-refractivity contribution is -0.125. The lowest BCUT2D eigenvalue weighted by atomic mass is 9.84. The molecule has 1 unspecified atom stereocenters. The second kappa shape index (κ2) is 12.2. The minimum absolute atomic E-state index is 0.0881. The number of carbonyl (C=O) groups is 1. The van der Waals surface area contributed by atoms with E-state index in [0.717, 1.165) is 42.3 Å². The van der Waals surface area contributed by atoms with Crippen molar-refractivity contribution in [2.45, 2.75) is 61.9 Å². The van der Waals surface area contributed by atoms with Crippen LogP contribution < -0.4 is 10.5 Å². The number of anilines is 1. The normalized spacial score (nSPS) is 17.7. The molecule has 2 fully saturated rings. The highest BCUT2D eigenvalue weighted by atomic mass is 32.2. The van der Waals surface area contributed by atoms with Crippen molar-refractivity contribution in [3.05, 3.63) is 93.4 Å². The van der Waals surface area contributed by atoms with Gasteiger partial charge in [0.15, 0.2) is 28.2 Å². The van der Waals surface area contributed by atoms with E-state index in [1.807, 2.05) is 12.1 Å². The second-order valence-electron chi connectivity index (χ2n) is 11.5. The number of fused-ring (bicyclic) bond motifs is 1. The van der Waals surface area contributed by atoms with Gasteiger partial charge in [-0.05, 0) is 61.1 Å². The van der Waals surface area contributed by atoms with Gasteiger partial charge in [-0.2, -0.15) is 9.40 Å². The summed E-state index contributed by atoms with van der Waals surface area (Å²) in [7, 11) is -3.88. The van der Waals surface area contributed by atoms with Crippen LogP contribution in [-0.2, 0) is 28.4 Å². The molecule has 0 spiro atoms. The highest BCUT2D eigenvalue weighted by Crippen LogP contribution is 2.36. The first-order valence-corrected chi connectivity index (χ1v) is 16.1. The summed E-state index contributed by atoms with van der Waals surface area (Å²) in [4.78, 5) is 30.4. The van der Waals surface area contributed by atoms with Crippen molar-refractivity contribution in [2.24, 2.45) is 7.05 Å². The minimum Gasteiger partial charge on any atom is -0.305 e. The van der Waals surface area contributed by atoms with Crippen LogP contribution in [0.3, 0.4) is 0 Å². The van der Waals surface area contributed by atoms with Crippen molar-refractivity contribution in [1.29, 1.82) is 0 Å². The zero-order chi connectivity index (χ0) is 32.9. The van der Waals surface area contributed by atoms with E-state index in [0.29, 0.717) is 26.7 Å². The Morgan fingerprint density at radius 3 is 2.26 bits per heavy atom. The summed E-state index contributed by atoms with van der Waals surface area (Å²) in [6, 6.07) is 6.76. The van der Waals surface area contributed by atoms with Crippen molar-refractivity contribution in [3.8, 4) is 0 Å². The molecular weight excluding hydrogens is 633 g/mol. The van der Waals surface area contributed by atoms with E-state index in [4.69, 9.17) is 0 Å². The van der Waals surface area contributed by atoms with Gasteiger partial charge in [0.1, 0.15) is 6.04 Å². The van der Waals surface area contributed by atoms with E-state index in [1.165, 1.54) is 36.3 Å². The Morgan fingerprint density at radius 2 is 1.61 bits per heavy atom. The van der Waals surface area contributed by atoms with Crippen LogP contribution >= 0.6 is 0 Å². The highest BCUT2D eigenvalue weighted by molar-refractivity contribution is 7.89. The number of nitrogens with zero attached hydrogens (tertiary/aromatic N) is 5. The lowest BCUT2D eigenvalue weighted by Crippen LogP contribution is -2.59. The molecule has 6 rings (SSSR count). The van der Waals surface area contributed by atoms with Gasteiger partial charge in [-0.3, -0.25) is 14.6 Å². The molecule has 15 heteroatoms. The molecule has 0 radical (unpaired) electrons. The SMILES string of the molecule is Cn1ncc2cc(N(Cc3cc(C4CCCCC4)ccn3)C(=O)C3CCN3S(=O)(=O)c3c(F)c(F)c(F)c(F)c3F)ccc2c1=O. The summed E-state index contributed by atoms with van der Waals surface area (Å²) < 4.78 is 99.0. The average molecular weight is 662 g/mol. The quantitative estimate of drug-likeness (QED) is 0.156. The van der Waals surface area contributed by atoms with Crippen LogP contribution in [0.25, 0.3) is 10.8 Å².